The van der Waals surface area contributed by atoms with Gasteiger partial charge in [0.15, 0.2) is 0 Å². The molecule has 190 valence electrons. The van der Waals surface area contributed by atoms with Crippen LogP contribution in [0.2, 0.25) is 0 Å². The minimum atomic E-state index is -4.50. The van der Waals surface area contributed by atoms with Crippen molar-refractivity contribution in [1.29, 1.82) is 0 Å². The molecule has 1 fully saturated rings. The molecule has 0 bridgehead atoms. The van der Waals surface area contributed by atoms with Gasteiger partial charge in [-0.3, -0.25) is 15.1 Å². The van der Waals surface area contributed by atoms with Gasteiger partial charge < -0.3 is 5.32 Å². The lowest BCUT2D eigenvalue weighted by atomic mass is 9.95. The van der Waals surface area contributed by atoms with Gasteiger partial charge in [-0.25, -0.2) is 4.39 Å². The zero-order chi connectivity index (χ0) is 25.7. The van der Waals surface area contributed by atoms with Crippen molar-refractivity contribution in [2.75, 3.05) is 6.54 Å². The zero-order valence-electron chi connectivity index (χ0n) is 20.0. The lowest BCUT2D eigenvalue weighted by molar-refractivity contribution is -0.141. The second-order valence-corrected chi connectivity index (χ2v) is 9.35. The van der Waals surface area contributed by atoms with Crippen LogP contribution in [-0.2, 0) is 17.4 Å². The molecule has 0 radical (unpaired) electrons. The Balaban J connectivity index is 1.57. The molecule has 1 heterocycles. The fourth-order valence-electron chi connectivity index (χ4n) is 4.12. The molecule has 1 aliphatic carbocycles. The molecule has 4 rings (SSSR count). The number of aromatic nitrogens is 1. The van der Waals surface area contributed by atoms with E-state index in [1.807, 2.05) is 30.3 Å². The smallest absolute Gasteiger partial charge is 0.354 e. The number of rotatable bonds is 10. The summed E-state index contributed by atoms with van der Waals surface area (Å²) in [5, 5.41) is 6.48. The third kappa shape index (κ3) is 6.91. The van der Waals surface area contributed by atoms with E-state index in [0.717, 1.165) is 30.0 Å². The summed E-state index contributed by atoms with van der Waals surface area (Å²) in [4.78, 5) is 16.8. The van der Waals surface area contributed by atoms with E-state index in [2.05, 4.69) is 15.6 Å². The molecule has 1 aromatic heterocycles. The van der Waals surface area contributed by atoms with Gasteiger partial charge in [0.2, 0.25) is 5.91 Å². The molecule has 4 nitrogen and oxygen atoms in total. The Morgan fingerprint density at radius 1 is 1.06 bits per heavy atom. The van der Waals surface area contributed by atoms with Gasteiger partial charge in [0.25, 0.3) is 0 Å². The Hall–Kier alpha value is -3.26. The fraction of sp³-hybridized carbons (Fsp3) is 0.357. The molecule has 1 saturated carbocycles. The zero-order valence-corrected chi connectivity index (χ0v) is 20.0. The monoisotopic (exact) mass is 499 g/mol. The van der Waals surface area contributed by atoms with Gasteiger partial charge in [-0.15, -0.1) is 0 Å². The van der Waals surface area contributed by atoms with Crippen molar-refractivity contribution in [3.63, 3.8) is 0 Å². The van der Waals surface area contributed by atoms with Crippen molar-refractivity contribution in [2.45, 2.75) is 50.9 Å². The molecular formula is C28H29F4N3O. The Morgan fingerprint density at radius 2 is 1.81 bits per heavy atom. The third-order valence-corrected chi connectivity index (χ3v) is 6.45. The molecule has 0 spiro atoms. The van der Waals surface area contributed by atoms with Gasteiger partial charge in [0.05, 0.1) is 0 Å². The Bertz CT molecular complexity index is 1160. The minimum Gasteiger partial charge on any atom is -0.354 e. The van der Waals surface area contributed by atoms with E-state index in [4.69, 9.17) is 0 Å². The highest BCUT2D eigenvalue weighted by Crippen LogP contribution is 2.30. The second-order valence-electron chi connectivity index (χ2n) is 9.35. The van der Waals surface area contributed by atoms with Gasteiger partial charge in [-0.05, 0) is 72.9 Å². The minimum absolute atomic E-state index is 0.145. The van der Waals surface area contributed by atoms with Crippen LogP contribution >= 0.6 is 0 Å². The molecule has 0 aliphatic heterocycles. The number of nitrogens with one attached hydrogen (secondary N) is 2. The number of hydrogen-bond donors (Lipinski definition) is 2. The van der Waals surface area contributed by atoms with Crippen molar-refractivity contribution >= 4 is 5.91 Å². The summed E-state index contributed by atoms with van der Waals surface area (Å²) >= 11 is 0. The average Bonchev–Trinajstić information content (AvgIpc) is 3.69. The van der Waals surface area contributed by atoms with Crippen molar-refractivity contribution < 1.29 is 22.4 Å². The summed E-state index contributed by atoms with van der Waals surface area (Å²) in [6, 6.07) is 15.5. The lowest BCUT2D eigenvalue weighted by Crippen LogP contribution is -2.40. The molecule has 3 aromatic rings. The van der Waals surface area contributed by atoms with Crippen LogP contribution in [0.1, 0.15) is 59.3 Å². The second kappa shape index (κ2) is 11.2. The number of nitrogens with zero attached hydrogens (tertiary/aromatic N) is 1. The van der Waals surface area contributed by atoms with Crippen molar-refractivity contribution in [1.82, 2.24) is 15.6 Å². The Labute approximate surface area is 208 Å². The van der Waals surface area contributed by atoms with Crippen molar-refractivity contribution in [2.24, 2.45) is 5.92 Å². The molecule has 0 unspecified atom stereocenters. The van der Waals surface area contributed by atoms with Crippen molar-refractivity contribution in [3.8, 4) is 0 Å². The number of aryl methyl sites for hydroxylation is 2. The number of carbonyl (C=O) groups excluding carboxylic acids is 1. The normalized spacial score (nSPS) is 15.4. The van der Waals surface area contributed by atoms with Crippen LogP contribution in [0.15, 0.2) is 66.9 Å². The quantitative estimate of drug-likeness (QED) is 0.333. The summed E-state index contributed by atoms with van der Waals surface area (Å²) in [6.07, 6.45) is -0.148. The highest BCUT2D eigenvalue weighted by Gasteiger charge is 2.32. The molecule has 0 saturated heterocycles. The number of benzene rings is 2. The maximum atomic E-state index is 14.0. The fourth-order valence-corrected chi connectivity index (χ4v) is 4.12. The Kier molecular flexibility index (Phi) is 8.04. The molecular weight excluding hydrogens is 470 g/mol. The molecule has 36 heavy (non-hydrogen) atoms. The van der Waals surface area contributed by atoms with E-state index >= 15 is 0 Å². The molecule has 2 N–H and O–H groups in total. The maximum absolute atomic E-state index is 14.0. The molecule has 2 aromatic carbocycles. The van der Waals surface area contributed by atoms with Crippen LogP contribution in [-0.4, -0.2) is 17.4 Å². The predicted octanol–water partition coefficient (Wildman–Crippen LogP) is 6.08. The summed E-state index contributed by atoms with van der Waals surface area (Å²) < 4.78 is 52.6. The van der Waals surface area contributed by atoms with E-state index in [1.54, 1.807) is 19.1 Å². The van der Waals surface area contributed by atoms with Gasteiger partial charge >= 0.3 is 6.18 Å². The standard InChI is InChI=1S/C28H29F4N3O/c1-18-15-22(11-12-23(18)29)24(13-9-20-10-14-25(33-16-20)28(30,31)32)35-26(21-5-3-2-4-6-21)27(36)34-17-19-7-8-19/h2-6,10-12,14-16,19,24,26,35H,7-9,13,17H2,1H3,(H,34,36)/t24-,26-/m1/s1. The van der Waals surface area contributed by atoms with Gasteiger partial charge in [-0.2, -0.15) is 13.2 Å². The molecule has 2 atom stereocenters. The van der Waals surface area contributed by atoms with Crippen LogP contribution in [0, 0.1) is 18.7 Å². The van der Waals surface area contributed by atoms with Crippen LogP contribution in [0.5, 0.6) is 0 Å². The Morgan fingerprint density at radius 3 is 2.42 bits per heavy atom. The van der Waals surface area contributed by atoms with E-state index in [0.29, 0.717) is 36.4 Å². The third-order valence-electron chi connectivity index (χ3n) is 6.45. The van der Waals surface area contributed by atoms with Gasteiger partial charge in [0.1, 0.15) is 17.6 Å². The predicted molar refractivity (Wildman–Crippen MR) is 129 cm³/mol. The highest BCUT2D eigenvalue weighted by atomic mass is 19.4. The highest BCUT2D eigenvalue weighted by molar-refractivity contribution is 5.83. The first kappa shape index (κ1) is 25.8. The van der Waals surface area contributed by atoms with E-state index in [9.17, 15) is 22.4 Å². The number of amides is 1. The summed E-state index contributed by atoms with van der Waals surface area (Å²) in [6.45, 7) is 2.30. The number of halogens is 4. The largest absolute Gasteiger partial charge is 0.433 e. The summed E-state index contributed by atoms with van der Waals surface area (Å²) in [7, 11) is 0. The van der Waals surface area contributed by atoms with E-state index in [1.165, 1.54) is 18.3 Å². The maximum Gasteiger partial charge on any atom is 0.433 e. The van der Waals surface area contributed by atoms with Crippen molar-refractivity contribution in [3.05, 3.63) is 101 Å². The number of hydrogen-bond acceptors (Lipinski definition) is 3. The topological polar surface area (TPSA) is 54.0 Å². The van der Waals surface area contributed by atoms with Crippen LogP contribution in [0.4, 0.5) is 17.6 Å². The van der Waals surface area contributed by atoms with Gasteiger partial charge in [0, 0.05) is 18.8 Å². The van der Waals surface area contributed by atoms with E-state index in [-0.39, 0.29) is 17.8 Å². The SMILES string of the molecule is Cc1cc([C@@H](CCc2ccc(C(F)(F)F)nc2)N[C@@H](C(=O)NCC2CC2)c2ccccc2)ccc1F. The molecule has 1 aliphatic rings. The number of pyridine rings is 1. The number of alkyl halides is 3. The first-order valence-electron chi connectivity index (χ1n) is 12.1. The van der Waals surface area contributed by atoms with E-state index < -0.39 is 17.9 Å². The van der Waals surface area contributed by atoms with Crippen LogP contribution in [0.3, 0.4) is 0 Å². The molecule has 1 amide bonds. The van der Waals surface area contributed by atoms with Crippen LogP contribution < -0.4 is 10.6 Å². The number of carbonyl (C=O) groups is 1. The first-order valence-corrected chi connectivity index (χ1v) is 12.1. The van der Waals surface area contributed by atoms with Crippen LogP contribution in [0.25, 0.3) is 0 Å². The average molecular weight is 500 g/mol. The molecule has 8 heteroatoms. The lowest BCUT2D eigenvalue weighted by Gasteiger charge is -2.27. The first-order chi connectivity index (χ1) is 17.2. The summed E-state index contributed by atoms with van der Waals surface area (Å²) in [5.41, 5.74) is 1.77. The van der Waals surface area contributed by atoms with Gasteiger partial charge in [-0.1, -0.05) is 48.5 Å². The summed E-state index contributed by atoms with van der Waals surface area (Å²) in [5.74, 6) is 0.0486.